The van der Waals surface area contributed by atoms with Crippen LogP contribution in [0.25, 0.3) is 0 Å². The Labute approximate surface area is 81.5 Å². The van der Waals surface area contributed by atoms with Gasteiger partial charge in [-0.1, -0.05) is 6.42 Å². The minimum Gasteiger partial charge on any atom is -0.330 e. The van der Waals surface area contributed by atoms with Gasteiger partial charge in [0.25, 0.3) is 0 Å². The van der Waals surface area contributed by atoms with Crippen molar-refractivity contribution in [2.24, 2.45) is 17.1 Å². The molecule has 0 aromatic carbocycles. The van der Waals surface area contributed by atoms with E-state index in [2.05, 4.69) is 0 Å². The summed E-state index contributed by atoms with van der Waals surface area (Å²) in [7, 11) is 0. The van der Waals surface area contributed by atoms with Gasteiger partial charge in [-0.25, -0.2) is 0 Å². The Balaban J connectivity index is 0.000000720. The average molecular weight is 190 g/mol. The second kappa shape index (κ2) is 3.97. The lowest BCUT2D eigenvalue weighted by Crippen LogP contribution is -2.35. The maximum atomic E-state index is 5.65. The minimum absolute atomic E-state index is 0. The number of halogens is 1. The second-order valence-corrected chi connectivity index (χ2v) is 4.53. The third-order valence-corrected chi connectivity index (χ3v) is 3.91. The summed E-state index contributed by atoms with van der Waals surface area (Å²) in [5, 5.41) is 0. The molecule has 2 saturated carbocycles. The van der Waals surface area contributed by atoms with Crippen molar-refractivity contribution < 1.29 is 0 Å². The van der Waals surface area contributed by atoms with Crippen molar-refractivity contribution >= 4 is 12.4 Å². The molecule has 72 valence electrons. The maximum absolute atomic E-state index is 5.65. The van der Waals surface area contributed by atoms with Crippen LogP contribution in [0.3, 0.4) is 0 Å². The molecule has 0 heterocycles. The number of hydrogen-bond acceptors (Lipinski definition) is 1. The first-order chi connectivity index (χ1) is 5.35. The zero-order valence-electron chi connectivity index (χ0n) is 7.72. The molecule has 2 heteroatoms. The van der Waals surface area contributed by atoms with Crippen molar-refractivity contribution in [3.63, 3.8) is 0 Å². The summed E-state index contributed by atoms with van der Waals surface area (Å²) in [6.45, 7) is 0.927. The van der Waals surface area contributed by atoms with Crippen molar-refractivity contribution in [3.05, 3.63) is 0 Å². The first-order valence-electron chi connectivity index (χ1n) is 5.05. The van der Waals surface area contributed by atoms with Crippen molar-refractivity contribution in [2.75, 3.05) is 6.54 Å². The molecule has 2 aliphatic carbocycles. The molecule has 2 N–H and O–H groups in total. The molecule has 2 aliphatic rings. The van der Waals surface area contributed by atoms with Crippen molar-refractivity contribution in [2.45, 2.75) is 44.9 Å². The minimum atomic E-state index is 0. The van der Waals surface area contributed by atoms with Crippen LogP contribution in [0.1, 0.15) is 44.9 Å². The molecule has 0 radical (unpaired) electrons. The molecule has 0 aliphatic heterocycles. The van der Waals surface area contributed by atoms with Crippen LogP contribution < -0.4 is 5.73 Å². The Hall–Kier alpha value is 0.250. The predicted molar refractivity (Wildman–Crippen MR) is 54.5 cm³/mol. The van der Waals surface area contributed by atoms with Gasteiger partial charge >= 0.3 is 0 Å². The Morgan fingerprint density at radius 1 is 1.08 bits per heavy atom. The van der Waals surface area contributed by atoms with Gasteiger partial charge in [-0.05, 0) is 56.4 Å². The second-order valence-electron chi connectivity index (χ2n) is 4.53. The normalized spacial score (nSPS) is 27.8. The monoisotopic (exact) mass is 189 g/mol. The molecule has 12 heavy (non-hydrogen) atoms. The number of nitrogens with two attached hydrogens (primary N) is 1. The van der Waals surface area contributed by atoms with E-state index >= 15 is 0 Å². The third kappa shape index (κ3) is 1.77. The number of hydrogen-bond donors (Lipinski definition) is 1. The zero-order chi connectivity index (χ0) is 7.73. The molecule has 0 atom stereocenters. The lowest BCUT2D eigenvalue weighted by molar-refractivity contribution is 0.0573. The largest absolute Gasteiger partial charge is 0.330 e. The maximum Gasteiger partial charge on any atom is -0.00489 e. The highest BCUT2D eigenvalue weighted by atomic mass is 35.5. The first-order valence-corrected chi connectivity index (χ1v) is 5.05. The Bertz CT molecular complexity index is 133. The Morgan fingerprint density at radius 3 is 2.00 bits per heavy atom. The van der Waals surface area contributed by atoms with E-state index in [1.165, 1.54) is 44.9 Å². The van der Waals surface area contributed by atoms with E-state index in [0.717, 1.165) is 17.9 Å². The van der Waals surface area contributed by atoms with E-state index in [-0.39, 0.29) is 12.4 Å². The Kier molecular flexibility index (Phi) is 3.42. The summed E-state index contributed by atoms with van der Waals surface area (Å²) in [4.78, 5) is 0. The molecule has 0 bridgehead atoms. The Morgan fingerprint density at radius 2 is 1.67 bits per heavy atom. The molecular formula is C10H20ClN. The summed E-state index contributed by atoms with van der Waals surface area (Å²) >= 11 is 0. The van der Waals surface area contributed by atoms with E-state index < -0.39 is 0 Å². The fourth-order valence-electron chi connectivity index (χ4n) is 2.70. The topological polar surface area (TPSA) is 26.0 Å². The number of rotatable bonds is 1. The summed E-state index contributed by atoms with van der Waals surface area (Å²) in [6, 6.07) is 0. The molecule has 0 aromatic heterocycles. The van der Waals surface area contributed by atoms with Crippen LogP contribution in [0.4, 0.5) is 0 Å². The van der Waals surface area contributed by atoms with Gasteiger partial charge in [-0.15, -0.1) is 12.4 Å². The van der Waals surface area contributed by atoms with Crippen LogP contribution in [0.2, 0.25) is 0 Å². The highest BCUT2D eigenvalue weighted by molar-refractivity contribution is 5.85. The smallest absolute Gasteiger partial charge is 0.00489 e. The van der Waals surface area contributed by atoms with Gasteiger partial charge in [-0.3, -0.25) is 0 Å². The van der Waals surface area contributed by atoms with Gasteiger partial charge < -0.3 is 5.73 Å². The van der Waals surface area contributed by atoms with E-state index in [1.807, 2.05) is 0 Å². The van der Waals surface area contributed by atoms with E-state index in [9.17, 15) is 0 Å². The highest BCUT2D eigenvalue weighted by Crippen LogP contribution is 2.52. The van der Waals surface area contributed by atoms with E-state index in [1.54, 1.807) is 0 Å². The lowest BCUT2D eigenvalue weighted by Gasteiger charge is -2.46. The van der Waals surface area contributed by atoms with Crippen molar-refractivity contribution in [1.29, 1.82) is 0 Å². The summed E-state index contributed by atoms with van der Waals surface area (Å²) in [5.74, 6) is 0.862. The summed E-state index contributed by atoms with van der Waals surface area (Å²) in [6.07, 6.45) is 10.3. The van der Waals surface area contributed by atoms with Gasteiger partial charge in [-0.2, -0.15) is 0 Å². The molecule has 0 aromatic rings. The fourth-order valence-corrected chi connectivity index (χ4v) is 2.70. The van der Waals surface area contributed by atoms with Gasteiger partial charge in [0.15, 0.2) is 0 Å². The van der Waals surface area contributed by atoms with Crippen LogP contribution in [-0.4, -0.2) is 6.54 Å². The molecule has 2 rings (SSSR count). The third-order valence-electron chi connectivity index (χ3n) is 3.91. The van der Waals surface area contributed by atoms with Gasteiger partial charge in [0.1, 0.15) is 0 Å². The van der Waals surface area contributed by atoms with Crippen LogP contribution >= 0.6 is 12.4 Å². The van der Waals surface area contributed by atoms with Crippen LogP contribution in [0, 0.1) is 11.3 Å². The van der Waals surface area contributed by atoms with Gasteiger partial charge in [0.2, 0.25) is 0 Å². The molecule has 2 fully saturated rings. The summed E-state index contributed by atoms with van der Waals surface area (Å²) < 4.78 is 0. The average Bonchev–Trinajstić information content (AvgIpc) is 2.02. The van der Waals surface area contributed by atoms with Crippen LogP contribution in [0.5, 0.6) is 0 Å². The molecule has 0 unspecified atom stereocenters. The molecule has 1 nitrogen and oxygen atoms in total. The highest BCUT2D eigenvalue weighted by Gasteiger charge is 2.39. The first kappa shape index (κ1) is 10.3. The van der Waals surface area contributed by atoms with E-state index in [4.69, 9.17) is 5.73 Å². The van der Waals surface area contributed by atoms with Gasteiger partial charge in [0, 0.05) is 0 Å². The van der Waals surface area contributed by atoms with Crippen LogP contribution in [-0.2, 0) is 0 Å². The zero-order valence-corrected chi connectivity index (χ0v) is 8.54. The lowest BCUT2D eigenvalue weighted by atomic mass is 9.59. The molecule has 1 spiro atoms. The predicted octanol–water partition coefficient (Wildman–Crippen LogP) is 2.73. The molecule has 0 amide bonds. The standard InChI is InChI=1S/C10H19N.ClH/c11-8-9-2-6-10(7-3-9)4-1-5-10;/h9H,1-8,11H2;1H. The van der Waals surface area contributed by atoms with Gasteiger partial charge in [0.05, 0.1) is 0 Å². The molecule has 0 saturated heterocycles. The van der Waals surface area contributed by atoms with Crippen molar-refractivity contribution in [3.8, 4) is 0 Å². The summed E-state index contributed by atoms with van der Waals surface area (Å²) in [5.41, 5.74) is 6.48. The van der Waals surface area contributed by atoms with E-state index in [0.29, 0.717) is 0 Å². The van der Waals surface area contributed by atoms with Crippen molar-refractivity contribution in [1.82, 2.24) is 0 Å². The molecular weight excluding hydrogens is 170 g/mol. The quantitative estimate of drug-likeness (QED) is 0.675. The SMILES string of the molecule is Cl.NCC1CCC2(CCC2)CC1. The van der Waals surface area contributed by atoms with Crippen LogP contribution in [0.15, 0.2) is 0 Å². The fraction of sp³-hybridized carbons (Fsp3) is 1.00.